The van der Waals surface area contributed by atoms with Gasteiger partial charge in [-0.25, -0.2) is 0 Å². The number of ether oxygens (including phenoxy) is 1. The van der Waals surface area contributed by atoms with Crippen LogP contribution < -0.4 is 4.74 Å². The highest BCUT2D eigenvalue weighted by Crippen LogP contribution is 2.43. The fourth-order valence-electron chi connectivity index (χ4n) is 7.46. The molecule has 1 N–H and O–H groups in total. The maximum Gasteiger partial charge on any atom is 0.425 e. The molecule has 10 nitrogen and oxygen atoms in total. The molecular formula is C35H37F6N7O3S. The third kappa shape index (κ3) is 7.78. The van der Waals surface area contributed by atoms with E-state index in [1.54, 1.807) is 11.8 Å². The number of rotatable bonds is 10. The monoisotopic (exact) mass is 749 g/mol. The lowest BCUT2D eigenvalue weighted by atomic mass is 9.78. The first-order valence-corrected chi connectivity index (χ1v) is 18.0. The van der Waals surface area contributed by atoms with E-state index in [1.165, 1.54) is 10.3 Å². The molecule has 4 aromatic rings. The molecule has 0 radical (unpaired) electrons. The summed E-state index contributed by atoms with van der Waals surface area (Å²) in [5.74, 6) is -0.973. The van der Waals surface area contributed by atoms with Gasteiger partial charge in [-0.15, -0.1) is 21.5 Å². The van der Waals surface area contributed by atoms with Crippen LogP contribution in [0.3, 0.4) is 0 Å². The van der Waals surface area contributed by atoms with Gasteiger partial charge in [0.2, 0.25) is 5.60 Å². The maximum absolute atomic E-state index is 14.9. The Morgan fingerprint density at radius 2 is 1.81 bits per heavy atom. The van der Waals surface area contributed by atoms with Gasteiger partial charge in [0.05, 0.1) is 17.2 Å². The molecule has 2 amide bonds. The Hall–Kier alpha value is -4.54. The van der Waals surface area contributed by atoms with Crippen LogP contribution in [0.15, 0.2) is 54.2 Å². The number of piperidine rings is 2. The average molecular weight is 750 g/mol. The van der Waals surface area contributed by atoms with Crippen molar-refractivity contribution in [1.82, 2.24) is 35.4 Å². The summed E-state index contributed by atoms with van der Waals surface area (Å²) in [6, 6.07) is 8.48. The van der Waals surface area contributed by atoms with Gasteiger partial charge in [-0.2, -0.15) is 31.6 Å². The second-order valence-electron chi connectivity index (χ2n) is 13.1. The van der Waals surface area contributed by atoms with E-state index in [0.29, 0.717) is 62.4 Å². The minimum atomic E-state index is -4.85. The van der Waals surface area contributed by atoms with Crippen LogP contribution in [0.2, 0.25) is 0 Å². The van der Waals surface area contributed by atoms with Crippen molar-refractivity contribution in [3.8, 4) is 5.75 Å². The van der Waals surface area contributed by atoms with Gasteiger partial charge < -0.3 is 14.5 Å². The van der Waals surface area contributed by atoms with E-state index in [0.717, 1.165) is 35.7 Å². The van der Waals surface area contributed by atoms with Crippen molar-refractivity contribution < 1.29 is 40.7 Å². The number of halogens is 6. The number of aromatic amines is 1. The van der Waals surface area contributed by atoms with Crippen molar-refractivity contribution in [3.63, 3.8) is 0 Å². The van der Waals surface area contributed by atoms with E-state index >= 15 is 0 Å². The van der Waals surface area contributed by atoms with Crippen molar-refractivity contribution in [1.29, 1.82) is 0 Å². The third-order valence-electron chi connectivity index (χ3n) is 9.84. The van der Waals surface area contributed by atoms with Gasteiger partial charge in [-0.3, -0.25) is 14.6 Å². The molecule has 2 unspecified atom stereocenters. The summed E-state index contributed by atoms with van der Waals surface area (Å²) >= 11 is 0.415. The number of alkyl halides is 6. The van der Waals surface area contributed by atoms with Crippen LogP contribution in [0, 0.1) is 0 Å². The zero-order valence-electron chi connectivity index (χ0n) is 28.2. The van der Waals surface area contributed by atoms with Crippen LogP contribution in [0.4, 0.5) is 26.3 Å². The number of tetrazole rings is 1. The molecule has 5 heterocycles. The molecule has 3 aromatic heterocycles. The van der Waals surface area contributed by atoms with Crippen molar-refractivity contribution in [3.05, 3.63) is 87.1 Å². The first-order chi connectivity index (χ1) is 24.8. The Bertz CT molecular complexity index is 1840. The van der Waals surface area contributed by atoms with E-state index in [9.17, 15) is 35.9 Å². The number of likely N-dealkylation sites (tertiary alicyclic amines) is 2. The highest BCUT2D eigenvalue weighted by atomic mass is 32.1. The molecule has 6 rings (SSSR count). The Labute approximate surface area is 299 Å². The second kappa shape index (κ2) is 15.2. The van der Waals surface area contributed by atoms with Gasteiger partial charge in [-0.1, -0.05) is 42.8 Å². The van der Waals surface area contributed by atoms with Gasteiger partial charge in [0.1, 0.15) is 10.6 Å². The van der Waals surface area contributed by atoms with Crippen LogP contribution in [-0.4, -0.2) is 78.5 Å². The summed E-state index contributed by atoms with van der Waals surface area (Å²) in [6.45, 7) is 2.43. The lowest BCUT2D eigenvalue weighted by Gasteiger charge is -2.50. The Morgan fingerprint density at radius 3 is 2.48 bits per heavy atom. The Kier molecular flexibility index (Phi) is 10.9. The molecule has 1 aromatic carbocycles. The van der Waals surface area contributed by atoms with E-state index in [4.69, 9.17) is 4.74 Å². The summed E-state index contributed by atoms with van der Waals surface area (Å²) in [4.78, 5) is 34.6. The highest BCUT2D eigenvalue weighted by molar-refractivity contribution is 7.10. The van der Waals surface area contributed by atoms with Crippen molar-refractivity contribution in [2.24, 2.45) is 0 Å². The standard InChI is InChI=1S/C35H37F6N7O3S/c1-2-6-28-33(51-24-19-29(52-21-24)35(39,40)41,14-5-16-48(28)31(49)26-20-42-15-11-27(26)34(36,37)38)32(50)47-17-12-23(13-18-47)25-8-4-3-7-22(25)9-10-30-43-45-46-44-30/h3-4,7-8,11,15,19-21,23,28H,2,5-6,9-10,12-14,16-18H2,1H3,(H,43,44,45,46). The molecule has 2 saturated heterocycles. The molecule has 2 atom stereocenters. The smallest absolute Gasteiger partial charge is 0.425 e. The number of carbonyl (C=O) groups excluding carboxylic acids is 2. The molecule has 0 bridgehead atoms. The van der Waals surface area contributed by atoms with Gasteiger partial charge in [0, 0.05) is 56.3 Å². The molecule has 52 heavy (non-hydrogen) atoms. The average Bonchev–Trinajstić information content (AvgIpc) is 3.84. The Morgan fingerprint density at radius 1 is 1.04 bits per heavy atom. The number of nitrogens with one attached hydrogen (secondary N) is 1. The lowest BCUT2D eigenvalue weighted by Crippen LogP contribution is -2.68. The first-order valence-electron chi connectivity index (χ1n) is 17.1. The molecule has 2 aliphatic heterocycles. The summed E-state index contributed by atoms with van der Waals surface area (Å²) in [5, 5.41) is 15.3. The normalized spacial score (nSPS) is 20.2. The number of H-pyrrole nitrogens is 1. The number of pyridine rings is 1. The Balaban J connectivity index is 1.30. The predicted molar refractivity (Wildman–Crippen MR) is 177 cm³/mol. The van der Waals surface area contributed by atoms with E-state index in [-0.39, 0.29) is 37.5 Å². The molecule has 17 heteroatoms. The molecule has 0 saturated carbocycles. The number of benzene rings is 1. The molecule has 2 aliphatic rings. The molecule has 0 aliphatic carbocycles. The number of carbonyl (C=O) groups is 2. The van der Waals surface area contributed by atoms with Crippen molar-refractivity contribution in [2.75, 3.05) is 19.6 Å². The van der Waals surface area contributed by atoms with Gasteiger partial charge >= 0.3 is 12.4 Å². The topological polar surface area (TPSA) is 117 Å². The summed E-state index contributed by atoms with van der Waals surface area (Å²) in [6.07, 6.45) is -4.49. The molecule has 0 spiro atoms. The lowest BCUT2D eigenvalue weighted by molar-refractivity contribution is -0.160. The van der Waals surface area contributed by atoms with Gasteiger partial charge in [0.15, 0.2) is 5.82 Å². The number of aromatic nitrogens is 5. The fourth-order valence-corrected chi connectivity index (χ4v) is 8.14. The minimum Gasteiger partial charge on any atom is -0.474 e. The zero-order chi connectivity index (χ0) is 37.1. The molecule has 2 fully saturated rings. The quantitative estimate of drug-likeness (QED) is 0.172. The van der Waals surface area contributed by atoms with Crippen LogP contribution in [0.1, 0.15) is 89.1 Å². The molecular weight excluding hydrogens is 712 g/mol. The highest BCUT2D eigenvalue weighted by Gasteiger charge is 2.56. The SMILES string of the molecule is CCCC1N(C(=O)c2cnccc2C(F)(F)F)CCCC1(Oc1csc(C(F)(F)F)c1)C(=O)N1CCC(c2ccccc2CCc2nn[nH]n2)CC1. The number of aryl methyl sites for hydroxylation is 2. The maximum atomic E-state index is 14.9. The summed E-state index contributed by atoms with van der Waals surface area (Å²) in [7, 11) is 0. The van der Waals surface area contributed by atoms with E-state index in [1.807, 2.05) is 18.2 Å². The van der Waals surface area contributed by atoms with E-state index in [2.05, 4.69) is 31.7 Å². The van der Waals surface area contributed by atoms with Crippen molar-refractivity contribution in [2.45, 2.75) is 88.2 Å². The minimum absolute atomic E-state index is 0.0221. The number of hydrogen-bond donors (Lipinski definition) is 1. The largest absolute Gasteiger partial charge is 0.474 e. The van der Waals surface area contributed by atoms with Crippen LogP contribution >= 0.6 is 11.3 Å². The summed E-state index contributed by atoms with van der Waals surface area (Å²) < 4.78 is 89.4. The van der Waals surface area contributed by atoms with Gasteiger partial charge in [0.25, 0.3) is 11.8 Å². The van der Waals surface area contributed by atoms with Crippen LogP contribution in [0.5, 0.6) is 5.75 Å². The third-order valence-corrected chi connectivity index (χ3v) is 10.8. The number of hydrogen-bond acceptors (Lipinski definition) is 8. The number of amides is 2. The number of nitrogens with zero attached hydrogens (tertiary/aromatic N) is 6. The van der Waals surface area contributed by atoms with Crippen LogP contribution in [0.25, 0.3) is 0 Å². The zero-order valence-corrected chi connectivity index (χ0v) is 29.0. The predicted octanol–water partition coefficient (Wildman–Crippen LogP) is 7.11. The van der Waals surface area contributed by atoms with E-state index < -0.39 is 51.8 Å². The van der Waals surface area contributed by atoms with Gasteiger partial charge in [-0.05, 0) is 55.2 Å². The first kappa shape index (κ1) is 37.2. The summed E-state index contributed by atoms with van der Waals surface area (Å²) in [5.41, 5.74) is -1.44. The molecule has 278 valence electrons. The number of thiophene rings is 1. The van der Waals surface area contributed by atoms with Crippen LogP contribution in [-0.2, 0) is 30.0 Å². The fraction of sp³-hybridized carbons (Fsp3) is 0.486. The van der Waals surface area contributed by atoms with Crippen molar-refractivity contribution >= 4 is 23.2 Å². The second-order valence-corrected chi connectivity index (χ2v) is 14.0.